The monoisotopic (exact) mass is 279 g/mol. The van der Waals surface area contributed by atoms with Crippen LogP contribution in [0.5, 0.6) is 0 Å². The number of hydrogen-bond acceptors (Lipinski definition) is 3. The summed E-state index contributed by atoms with van der Waals surface area (Å²) in [5.41, 5.74) is 5.35. The third-order valence-electron chi connectivity index (χ3n) is 3.59. The SMILES string of the molecule is Cc1ccc(NC(C)c2cccc(C#N)c2)cc1N(C)C. The van der Waals surface area contributed by atoms with E-state index in [-0.39, 0.29) is 6.04 Å². The number of hydrogen-bond donors (Lipinski definition) is 1. The number of nitrogens with zero attached hydrogens (tertiary/aromatic N) is 2. The Kier molecular flexibility index (Phi) is 4.49. The number of nitriles is 1. The van der Waals surface area contributed by atoms with Crippen molar-refractivity contribution in [2.24, 2.45) is 0 Å². The average Bonchev–Trinajstić information content (AvgIpc) is 2.49. The van der Waals surface area contributed by atoms with Gasteiger partial charge in [0.15, 0.2) is 0 Å². The van der Waals surface area contributed by atoms with Gasteiger partial charge in [-0.15, -0.1) is 0 Å². The Morgan fingerprint density at radius 2 is 1.90 bits per heavy atom. The van der Waals surface area contributed by atoms with Crippen LogP contribution in [-0.4, -0.2) is 14.1 Å². The van der Waals surface area contributed by atoms with Crippen molar-refractivity contribution in [3.63, 3.8) is 0 Å². The molecule has 0 radical (unpaired) electrons. The second-order valence-electron chi connectivity index (χ2n) is 5.50. The molecule has 0 amide bonds. The minimum Gasteiger partial charge on any atom is -0.378 e. The zero-order chi connectivity index (χ0) is 15.4. The fraction of sp³-hybridized carbons (Fsp3) is 0.278. The number of rotatable bonds is 4. The molecule has 0 aliphatic heterocycles. The molecule has 0 saturated carbocycles. The van der Waals surface area contributed by atoms with E-state index in [1.54, 1.807) is 0 Å². The Balaban J connectivity index is 2.21. The van der Waals surface area contributed by atoms with E-state index in [0.717, 1.165) is 11.3 Å². The first-order valence-corrected chi connectivity index (χ1v) is 7.06. The molecular formula is C18H21N3. The molecule has 2 aromatic rings. The molecule has 3 heteroatoms. The molecule has 1 N–H and O–H groups in total. The summed E-state index contributed by atoms with van der Waals surface area (Å²) in [5, 5.41) is 12.5. The Hall–Kier alpha value is -2.47. The van der Waals surface area contributed by atoms with Crippen molar-refractivity contribution in [3.8, 4) is 6.07 Å². The number of anilines is 2. The number of benzene rings is 2. The summed E-state index contributed by atoms with van der Waals surface area (Å²) >= 11 is 0. The predicted molar refractivity (Wildman–Crippen MR) is 88.7 cm³/mol. The van der Waals surface area contributed by atoms with E-state index in [0.29, 0.717) is 5.56 Å². The lowest BCUT2D eigenvalue weighted by Gasteiger charge is -2.20. The Bertz CT molecular complexity index is 668. The molecule has 1 unspecified atom stereocenters. The summed E-state index contributed by atoms with van der Waals surface area (Å²) in [6.07, 6.45) is 0. The van der Waals surface area contributed by atoms with Gasteiger partial charge in [-0.3, -0.25) is 0 Å². The summed E-state index contributed by atoms with van der Waals surface area (Å²) in [5.74, 6) is 0. The third-order valence-corrected chi connectivity index (χ3v) is 3.59. The first-order valence-electron chi connectivity index (χ1n) is 7.06. The summed E-state index contributed by atoms with van der Waals surface area (Å²) in [6, 6.07) is 16.4. The highest BCUT2D eigenvalue weighted by Crippen LogP contribution is 2.26. The van der Waals surface area contributed by atoms with E-state index in [4.69, 9.17) is 5.26 Å². The predicted octanol–water partition coefficient (Wildman–Crippen LogP) is 4.11. The van der Waals surface area contributed by atoms with Crippen molar-refractivity contribution < 1.29 is 0 Å². The molecule has 0 aliphatic rings. The van der Waals surface area contributed by atoms with Gasteiger partial charge in [0.05, 0.1) is 11.6 Å². The van der Waals surface area contributed by atoms with Gasteiger partial charge >= 0.3 is 0 Å². The number of aryl methyl sites for hydroxylation is 1. The lowest BCUT2D eigenvalue weighted by Crippen LogP contribution is -2.12. The van der Waals surface area contributed by atoms with Crippen molar-refractivity contribution in [2.45, 2.75) is 19.9 Å². The van der Waals surface area contributed by atoms with Crippen LogP contribution >= 0.6 is 0 Å². The molecule has 2 aromatic carbocycles. The van der Waals surface area contributed by atoms with Gasteiger partial charge < -0.3 is 10.2 Å². The van der Waals surface area contributed by atoms with E-state index >= 15 is 0 Å². The second-order valence-corrected chi connectivity index (χ2v) is 5.50. The minimum absolute atomic E-state index is 0.149. The van der Waals surface area contributed by atoms with E-state index < -0.39 is 0 Å². The maximum absolute atomic E-state index is 8.99. The fourth-order valence-electron chi connectivity index (χ4n) is 2.39. The highest BCUT2D eigenvalue weighted by molar-refractivity contribution is 5.62. The smallest absolute Gasteiger partial charge is 0.0991 e. The van der Waals surface area contributed by atoms with E-state index in [1.165, 1.54) is 11.3 Å². The molecule has 108 valence electrons. The summed E-state index contributed by atoms with van der Waals surface area (Å²) in [4.78, 5) is 2.11. The van der Waals surface area contributed by atoms with Crippen LogP contribution in [0.2, 0.25) is 0 Å². The zero-order valence-corrected chi connectivity index (χ0v) is 13.0. The van der Waals surface area contributed by atoms with Crippen LogP contribution in [0.25, 0.3) is 0 Å². The van der Waals surface area contributed by atoms with Crippen LogP contribution < -0.4 is 10.2 Å². The molecule has 0 heterocycles. The standard InChI is InChI=1S/C18H21N3/c1-13-8-9-17(11-18(13)21(3)4)20-14(2)16-7-5-6-15(10-16)12-19/h5-11,14,20H,1-4H3. The molecule has 0 saturated heterocycles. The van der Waals surface area contributed by atoms with Gasteiger partial charge in [0.2, 0.25) is 0 Å². The van der Waals surface area contributed by atoms with Gasteiger partial charge in [-0.05, 0) is 49.2 Å². The van der Waals surface area contributed by atoms with Crippen molar-refractivity contribution in [2.75, 3.05) is 24.3 Å². The summed E-state index contributed by atoms with van der Waals surface area (Å²) in [7, 11) is 4.10. The van der Waals surface area contributed by atoms with Crippen LogP contribution in [0.4, 0.5) is 11.4 Å². The largest absolute Gasteiger partial charge is 0.378 e. The lowest BCUT2D eigenvalue weighted by atomic mass is 10.0. The second kappa shape index (κ2) is 6.32. The molecule has 3 nitrogen and oxygen atoms in total. The first kappa shape index (κ1) is 14.9. The molecule has 0 bridgehead atoms. The van der Waals surface area contributed by atoms with Crippen LogP contribution in [0.1, 0.15) is 29.7 Å². The Labute approximate surface area is 126 Å². The zero-order valence-electron chi connectivity index (χ0n) is 13.0. The van der Waals surface area contributed by atoms with Gasteiger partial charge in [0.1, 0.15) is 0 Å². The van der Waals surface area contributed by atoms with E-state index in [9.17, 15) is 0 Å². The molecule has 21 heavy (non-hydrogen) atoms. The fourth-order valence-corrected chi connectivity index (χ4v) is 2.39. The maximum Gasteiger partial charge on any atom is 0.0991 e. The van der Waals surface area contributed by atoms with Gasteiger partial charge in [-0.2, -0.15) is 5.26 Å². The molecule has 0 aromatic heterocycles. The van der Waals surface area contributed by atoms with Gasteiger partial charge in [0, 0.05) is 31.5 Å². The normalized spacial score (nSPS) is 11.6. The van der Waals surface area contributed by atoms with Crippen molar-refractivity contribution in [1.29, 1.82) is 5.26 Å². The number of nitrogens with one attached hydrogen (secondary N) is 1. The third kappa shape index (κ3) is 3.55. The lowest BCUT2D eigenvalue weighted by molar-refractivity contribution is 0.883. The van der Waals surface area contributed by atoms with Crippen LogP contribution in [0.15, 0.2) is 42.5 Å². The van der Waals surface area contributed by atoms with Crippen molar-refractivity contribution in [1.82, 2.24) is 0 Å². The molecule has 0 fully saturated rings. The van der Waals surface area contributed by atoms with Crippen molar-refractivity contribution in [3.05, 3.63) is 59.2 Å². The van der Waals surface area contributed by atoms with E-state index in [1.807, 2.05) is 38.4 Å². The average molecular weight is 279 g/mol. The topological polar surface area (TPSA) is 39.1 Å². The molecular weight excluding hydrogens is 258 g/mol. The highest BCUT2D eigenvalue weighted by atomic mass is 15.1. The van der Waals surface area contributed by atoms with Crippen LogP contribution in [0, 0.1) is 18.3 Å². The molecule has 0 aliphatic carbocycles. The molecule has 1 atom stereocenters. The summed E-state index contributed by atoms with van der Waals surface area (Å²) in [6.45, 7) is 4.21. The van der Waals surface area contributed by atoms with Crippen LogP contribution in [0.3, 0.4) is 0 Å². The maximum atomic E-state index is 8.99. The Morgan fingerprint density at radius 3 is 2.57 bits per heavy atom. The van der Waals surface area contributed by atoms with Crippen LogP contribution in [-0.2, 0) is 0 Å². The summed E-state index contributed by atoms with van der Waals surface area (Å²) < 4.78 is 0. The van der Waals surface area contributed by atoms with Crippen molar-refractivity contribution >= 4 is 11.4 Å². The minimum atomic E-state index is 0.149. The van der Waals surface area contributed by atoms with Gasteiger partial charge in [0.25, 0.3) is 0 Å². The van der Waals surface area contributed by atoms with Gasteiger partial charge in [-0.1, -0.05) is 18.2 Å². The van der Waals surface area contributed by atoms with Gasteiger partial charge in [-0.25, -0.2) is 0 Å². The molecule has 0 spiro atoms. The molecule has 2 rings (SSSR count). The quantitative estimate of drug-likeness (QED) is 0.915. The first-order chi connectivity index (χ1) is 10.0. The highest BCUT2D eigenvalue weighted by Gasteiger charge is 2.08. The van der Waals surface area contributed by atoms with E-state index in [2.05, 4.69) is 48.3 Å². The Morgan fingerprint density at radius 1 is 1.14 bits per heavy atom.